The molecule has 6 heterocycles. The van der Waals surface area contributed by atoms with Gasteiger partial charge in [0.15, 0.2) is 5.82 Å². The van der Waals surface area contributed by atoms with Crippen LogP contribution < -0.4 is 19.7 Å². The largest absolute Gasteiger partial charge is 0.480 e. The Morgan fingerprint density at radius 2 is 1.89 bits per heavy atom. The minimum Gasteiger partial charge on any atom is -0.480 e. The fourth-order valence-corrected chi connectivity index (χ4v) is 9.98. The van der Waals surface area contributed by atoms with Crippen LogP contribution in [0.3, 0.4) is 0 Å². The first-order valence-electron chi connectivity index (χ1n) is 19.4. The van der Waals surface area contributed by atoms with E-state index in [-0.39, 0.29) is 28.5 Å². The van der Waals surface area contributed by atoms with E-state index in [9.17, 15) is 4.79 Å². The number of carbonyl (C=O) groups is 1. The van der Waals surface area contributed by atoms with Gasteiger partial charge in [-0.1, -0.05) is 31.9 Å². The van der Waals surface area contributed by atoms with E-state index in [2.05, 4.69) is 20.4 Å². The smallest absolute Gasteiger partial charge is 0.407 e. The number of likely N-dealkylation sites (tertiary alicyclic amines) is 1. The number of alkyl carbamates (subject to hydrolysis) is 1. The summed E-state index contributed by atoms with van der Waals surface area (Å²) in [5.74, 6) is -0.0486. The predicted molar refractivity (Wildman–Crippen MR) is 204 cm³/mol. The van der Waals surface area contributed by atoms with Gasteiger partial charge >= 0.3 is 12.1 Å². The van der Waals surface area contributed by atoms with Crippen molar-refractivity contribution in [2.24, 2.45) is 5.41 Å². The Morgan fingerprint density at radius 1 is 1.09 bits per heavy atom. The summed E-state index contributed by atoms with van der Waals surface area (Å²) in [6.45, 7) is 8.70. The molecule has 2 N–H and O–H groups in total. The standard InChI is InChI=1S/C37H44ClFN8O5.C2H6/c1-20-24(38)15-25-23(16-41-45-25)27(20)30-29(39)31-28(33(42-30)50-3)32(46-11-6-10-37(18-46)17-40-35(48)52-37)44-34(43-31)51-19-36-8-4-7-26(36)47(12-5-9-36)21-13-22(14-21)49-2;1-2/h15-16,21-22,26H,4-14,17-19H2,1-3H3,(H,40,48)(H,41,45);1-2H3. The average molecular weight is 765 g/mol. The molecule has 2 aliphatic carbocycles. The molecule has 15 heteroatoms. The molecule has 1 spiro atoms. The molecule has 13 nitrogen and oxygen atoms in total. The van der Waals surface area contributed by atoms with Crippen molar-refractivity contribution in [3.8, 4) is 23.1 Å². The molecular formula is C39H50ClFN8O5. The molecule has 3 aromatic heterocycles. The van der Waals surface area contributed by atoms with Crippen LogP contribution in [-0.2, 0) is 9.47 Å². The quantitative estimate of drug-likeness (QED) is 0.192. The number of anilines is 1. The summed E-state index contributed by atoms with van der Waals surface area (Å²) in [5.41, 5.74) is 1.11. The molecule has 3 saturated heterocycles. The molecule has 3 aliphatic heterocycles. The van der Waals surface area contributed by atoms with Crippen LogP contribution >= 0.6 is 11.6 Å². The normalized spacial score (nSPS) is 28.0. The molecule has 54 heavy (non-hydrogen) atoms. The van der Waals surface area contributed by atoms with E-state index in [1.54, 1.807) is 19.4 Å². The number of fused-ring (bicyclic) bond motifs is 3. The summed E-state index contributed by atoms with van der Waals surface area (Å²) in [6.07, 6.45) is 10.6. The number of nitrogens with one attached hydrogen (secondary N) is 2. The number of benzene rings is 1. The van der Waals surface area contributed by atoms with Crippen LogP contribution in [0.25, 0.3) is 33.1 Å². The van der Waals surface area contributed by atoms with Gasteiger partial charge in [0.25, 0.3) is 0 Å². The first kappa shape index (κ1) is 36.9. The van der Waals surface area contributed by atoms with Gasteiger partial charge in [0.1, 0.15) is 28.0 Å². The molecule has 0 radical (unpaired) electrons. The zero-order chi connectivity index (χ0) is 37.8. The van der Waals surface area contributed by atoms with Gasteiger partial charge in [0, 0.05) is 47.1 Å². The maximum atomic E-state index is 17.3. The number of halogens is 2. The Bertz CT molecular complexity index is 2060. The summed E-state index contributed by atoms with van der Waals surface area (Å²) >= 11 is 6.65. The molecule has 5 fully saturated rings. The van der Waals surface area contributed by atoms with Crippen LogP contribution in [0.15, 0.2) is 12.3 Å². The Labute approximate surface area is 319 Å². The highest BCUT2D eigenvalue weighted by atomic mass is 35.5. The van der Waals surface area contributed by atoms with Crippen molar-refractivity contribution in [1.82, 2.24) is 35.4 Å². The zero-order valence-electron chi connectivity index (χ0n) is 31.8. The van der Waals surface area contributed by atoms with Crippen LogP contribution in [0.2, 0.25) is 5.02 Å². The third-order valence-corrected chi connectivity index (χ3v) is 12.9. The summed E-state index contributed by atoms with van der Waals surface area (Å²) in [4.78, 5) is 31.5. The summed E-state index contributed by atoms with van der Waals surface area (Å²) in [5, 5.41) is 11.4. The molecule has 2 saturated carbocycles. The Kier molecular flexibility index (Phi) is 9.97. The van der Waals surface area contributed by atoms with Crippen LogP contribution in [0.5, 0.6) is 11.9 Å². The van der Waals surface area contributed by atoms with Gasteiger partial charge in [-0.25, -0.2) is 14.2 Å². The number of amides is 1. The molecule has 9 rings (SSSR count). The molecule has 5 aliphatic rings. The van der Waals surface area contributed by atoms with Gasteiger partial charge in [-0.15, -0.1) is 0 Å². The first-order valence-corrected chi connectivity index (χ1v) is 19.8. The SMILES string of the molecule is CC.COc1nc(-c2c(C)c(Cl)cc3[nH]ncc23)c(F)c2nc(OCC34CCCC3N(C3CC(OC)C3)CCC4)nc(N3CCCC4(CNC(=O)O4)C3)c12. The van der Waals surface area contributed by atoms with Crippen molar-refractivity contribution in [3.05, 3.63) is 28.7 Å². The van der Waals surface area contributed by atoms with E-state index < -0.39 is 17.5 Å². The molecule has 290 valence electrons. The summed E-state index contributed by atoms with van der Waals surface area (Å²) in [6, 6.07) is 2.81. The molecule has 4 aromatic rings. The monoisotopic (exact) mass is 764 g/mol. The zero-order valence-corrected chi connectivity index (χ0v) is 32.5. The minimum absolute atomic E-state index is 0.0323. The molecular weight excluding hydrogens is 715 g/mol. The van der Waals surface area contributed by atoms with Gasteiger partial charge in [0.05, 0.1) is 44.6 Å². The molecule has 0 bridgehead atoms. The molecule has 1 aromatic carbocycles. The van der Waals surface area contributed by atoms with E-state index in [1.165, 1.54) is 7.11 Å². The molecule has 1 amide bonds. The number of nitrogens with zero attached hydrogens (tertiary/aromatic N) is 6. The van der Waals surface area contributed by atoms with Gasteiger partial charge in [-0.2, -0.15) is 15.1 Å². The first-order chi connectivity index (χ1) is 26.2. The number of aromatic amines is 1. The van der Waals surface area contributed by atoms with Crippen molar-refractivity contribution >= 4 is 45.3 Å². The van der Waals surface area contributed by atoms with Crippen LogP contribution in [-0.4, -0.2) is 107 Å². The number of H-pyrrole nitrogens is 1. The lowest BCUT2D eigenvalue weighted by molar-refractivity contribution is -0.0845. The number of methoxy groups -OCH3 is 2. The van der Waals surface area contributed by atoms with Crippen LogP contribution in [0.1, 0.15) is 77.2 Å². The number of hydrogen-bond donors (Lipinski definition) is 2. The van der Waals surface area contributed by atoms with Gasteiger partial charge in [-0.05, 0) is 76.5 Å². The van der Waals surface area contributed by atoms with E-state index >= 15 is 4.39 Å². The third kappa shape index (κ3) is 6.18. The lowest BCUT2D eigenvalue weighted by Crippen LogP contribution is -2.59. The minimum atomic E-state index is -0.734. The summed E-state index contributed by atoms with van der Waals surface area (Å²) < 4.78 is 41.3. The number of carbonyl (C=O) groups excluding carboxylic acids is 1. The van der Waals surface area contributed by atoms with E-state index in [4.69, 9.17) is 45.5 Å². The highest BCUT2D eigenvalue weighted by molar-refractivity contribution is 6.33. The van der Waals surface area contributed by atoms with Crippen molar-refractivity contribution in [2.75, 3.05) is 51.9 Å². The van der Waals surface area contributed by atoms with Gasteiger partial charge < -0.3 is 29.2 Å². The maximum absolute atomic E-state index is 17.3. The Morgan fingerprint density at radius 3 is 2.65 bits per heavy atom. The number of hydrogen-bond acceptors (Lipinski definition) is 11. The number of piperidine rings is 2. The summed E-state index contributed by atoms with van der Waals surface area (Å²) in [7, 11) is 3.30. The number of pyridine rings is 1. The second kappa shape index (κ2) is 14.6. The Balaban J connectivity index is 0.00000203. The van der Waals surface area contributed by atoms with E-state index in [0.29, 0.717) is 89.1 Å². The number of aromatic nitrogens is 5. The van der Waals surface area contributed by atoms with Crippen molar-refractivity contribution in [3.63, 3.8) is 0 Å². The third-order valence-electron chi connectivity index (χ3n) is 12.5. The molecule has 3 unspecified atom stereocenters. The highest BCUT2D eigenvalue weighted by Gasteiger charge is 2.52. The predicted octanol–water partition coefficient (Wildman–Crippen LogP) is 6.97. The fourth-order valence-electron chi connectivity index (χ4n) is 9.77. The lowest BCUT2D eigenvalue weighted by atomic mass is 9.73. The van der Waals surface area contributed by atoms with Gasteiger partial charge in [0.2, 0.25) is 5.88 Å². The average Bonchev–Trinajstić information content (AvgIpc) is 3.91. The number of rotatable bonds is 8. The van der Waals surface area contributed by atoms with E-state index in [0.717, 1.165) is 57.9 Å². The fraction of sp³-hybridized carbons (Fsp3) is 0.615. The Hall–Kier alpha value is -4.01. The van der Waals surface area contributed by atoms with Crippen LogP contribution in [0, 0.1) is 18.2 Å². The van der Waals surface area contributed by atoms with Crippen LogP contribution in [0.4, 0.5) is 15.0 Å². The van der Waals surface area contributed by atoms with E-state index in [1.807, 2.05) is 25.7 Å². The van der Waals surface area contributed by atoms with Crippen molar-refractivity contribution in [1.29, 1.82) is 0 Å². The van der Waals surface area contributed by atoms with Crippen molar-refractivity contribution in [2.45, 2.75) is 102 Å². The lowest BCUT2D eigenvalue weighted by Gasteiger charge is -2.53. The topological polar surface area (TPSA) is 140 Å². The second-order valence-electron chi connectivity index (χ2n) is 15.4. The maximum Gasteiger partial charge on any atom is 0.407 e. The molecule has 3 atom stereocenters. The highest BCUT2D eigenvalue weighted by Crippen LogP contribution is 2.51. The van der Waals surface area contributed by atoms with Crippen molar-refractivity contribution < 1.29 is 28.1 Å². The van der Waals surface area contributed by atoms with Gasteiger partial charge in [-0.3, -0.25) is 10.00 Å². The second-order valence-corrected chi connectivity index (χ2v) is 15.8. The number of ether oxygens (including phenoxy) is 4.